The summed E-state index contributed by atoms with van der Waals surface area (Å²) in [5, 5.41) is 9.75. The number of hydrogen-bond donors (Lipinski definition) is 1. The summed E-state index contributed by atoms with van der Waals surface area (Å²) in [7, 11) is 0. The molecule has 1 aromatic carbocycles. The van der Waals surface area contributed by atoms with Crippen LogP contribution in [0.4, 0.5) is 5.69 Å². The summed E-state index contributed by atoms with van der Waals surface area (Å²) in [6.07, 6.45) is 0. The third-order valence-electron chi connectivity index (χ3n) is 4.45. The Bertz CT molecular complexity index is 1120. The van der Waals surface area contributed by atoms with Gasteiger partial charge in [0.1, 0.15) is 5.69 Å². The molecule has 0 spiro atoms. The molecule has 0 aliphatic rings. The lowest BCUT2D eigenvalue weighted by Crippen LogP contribution is -2.23. The van der Waals surface area contributed by atoms with Gasteiger partial charge in [-0.1, -0.05) is 47.5 Å². The molecule has 0 fully saturated rings. The van der Waals surface area contributed by atoms with Crippen LogP contribution in [-0.2, 0) is 5.41 Å². The van der Waals surface area contributed by atoms with E-state index in [0.717, 1.165) is 0 Å². The maximum atomic E-state index is 11.3. The average molecular weight is 412 g/mol. The number of aromatic carboxylic acids is 1. The first-order valence-corrected chi connectivity index (χ1v) is 9.05. The lowest BCUT2D eigenvalue weighted by Gasteiger charge is -2.24. The Morgan fingerprint density at radius 1 is 1.04 bits per heavy atom. The van der Waals surface area contributed by atoms with Crippen molar-refractivity contribution in [1.82, 2.24) is 9.97 Å². The number of rotatable bonds is 4. The second-order valence-electron chi connectivity index (χ2n) is 6.62. The van der Waals surface area contributed by atoms with E-state index in [2.05, 4.69) is 9.83 Å². The van der Waals surface area contributed by atoms with E-state index in [0.29, 0.717) is 22.6 Å². The summed E-state index contributed by atoms with van der Waals surface area (Å²) in [5.41, 5.74) is 1.97. The molecule has 3 rings (SSSR count). The lowest BCUT2D eigenvalue weighted by atomic mass is 9.84. The minimum Gasteiger partial charge on any atom is -0.477 e. The minimum atomic E-state index is -1.08. The number of nitrogens with zero attached hydrogens (tertiary/aromatic N) is 3. The molecule has 0 bridgehead atoms. The fourth-order valence-corrected chi connectivity index (χ4v) is 3.36. The van der Waals surface area contributed by atoms with Crippen LogP contribution >= 0.6 is 23.2 Å². The van der Waals surface area contributed by atoms with Crippen LogP contribution in [0.5, 0.6) is 0 Å². The summed E-state index contributed by atoms with van der Waals surface area (Å²) >= 11 is 12.4. The summed E-state index contributed by atoms with van der Waals surface area (Å²) in [5.74, 6) is -1.08. The maximum absolute atomic E-state index is 11.3. The first kappa shape index (κ1) is 19.8. The number of benzene rings is 1. The van der Waals surface area contributed by atoms with E-state index in [9.17, 15) is 9.90 Å². The number of halogens is 2. The van der Waals surface area contributed by atoms with Crippen LogP contribution in [0.3, 0.4) is 0 Å². The van der Waals surface area contributed by atoms with E-state index < -0.39 is 11.4 Å². The third kappa shape index (κ3) is 3.57. The molecule has 7 heteroatoms. The topological polar surface area (TPSA) is 67.4 Å². The largest absolute Gasteiger partial charge is 0.477 e. The number of hydrogen-bond acceptors (Lipinski definition) is 3. The van der Waals surface area contributed by atoms with E-state index in [4.69, 9.17) is 34.8 Å². The molecule has 5 nitrogen and oxygen atoms in total. The van der Waals surface area contributed by atoms with E-state index in [1.165, 1.54) is 6.07 Å². The van der Waals surface area contributed by atoms with Crippen LogP contribution in [0.1, 0.15) is 35.7 Å². The summed E-state index contributed by atoms with van der Waals surface area (Å²) in [6.45, 7) is 11.1. The van der Waals surface area contributed by atoms with Gasteiger partial charge in [-0.05, 0) is 38.1 Å². The molecule has 0 atom stereocenters. The van der Waals surface area contributed by atoms with Crippen molar-refractivity contribution in [3.63, 3.8) is 0 Å². The van der Waals surface area contributed by atoms with Crippen LogP contribution in [0.15, 0.2) is 48.5 Å². The van der Waals surface area contributed by atoms with Crippen molar-refractivity contribution in [1.29, 1.82) is 0 Å². The third-order valence-corrected chi connectivity index (χ3v) is 5.14. The number of aromatic nitrogens is 2. The van der Waals surface area contributed by atoms with Crippen molar-refractivity contribution < 1.29 is 9.90 Å². The number of carboxylic acids is 1. The molecule has 3 aromatic rings. The number of pyridine rings is 2. The smallest absolute Gasteiger partial charge is 0.354 e. The van der Waals surface area contributed by atoms with Crippen molar-refractivity contribution >= 4 is 34.9 Å². The van der Waals surface area contributed by atoms with Gasteiger partial charge >= 0.3 is 5.97 Å². The standard InChI is InChI=1S/C21H15Cl2N3O2/c1-21(2,17-9-5-7-15(26-17)20(27)28)16-8-4-6-14(25-16)12-10-11-13(22)19(24-3)18(12)23/h4-11H,1-2H3,(H,27,28). The quantitative estimate of drug-likeness (QED) is 0.532. The molecular weight excluding hydrogens is 397 g/mol. The molecule has 0 saturated carbocycles. The molecule has 0 unspecified atom stereocenters. The second-order valence-corrected chi connectivity index (χ2v) is 7.40. The first-order valence-electron chi connectivity index (χ1n) is 8.30. The zero-order valence-electron chi connectivity index (χ0n) is 15.1. The van der Waals surface area contributed by atoms with Crippen LogP contribution < -0.4 is 0 Å². The van der Waals surface area contributed by atoms with Gasteiger partial charge < -0.3 is 5.11 Å². The number of carboxylic acid groups (broad SMARTS) is 1. The molecule has 2 heterocycles. The normalized spacial score (nSPS) is 11.1. The molecule has 0 aliphatic heterocycles. The molecule has 140 valence electrons. The van der Waals surface area contributed by atoms with E-state index in [-0.39, 0.29) is 21.4 Å². The highest BCUT2D eigenvalue weighted by atomic mass is 35.5. The average Bonchev–Trinajstić information content (AvgIpc) is 2.68. The van der Waals surface area contributed by atoms with Crippen molar-refractivity contribution in [2.75, 3.05) is 0 Å². The zero-order valence-corrected chi connectivity index (χ0v) is 16.6. The van der Waals surface area contributed by atoms with Crippen LogP contribution in [-0.4, -0.2) is 21.0 Å². The van der Waals surface area contributed by atoms with Gasteiger partial charge in [-0.2, -0.15) is 0 Å². The van der Waals surface area contributed by atoms with Crippen LogP contribution in [0.2, 0.25) is 10.0 Å². The van der Waals surface area contributed by atoms with Gasteiger partial charge in [-0.25, -0.2) is 14.6 Å². The molecular formula is C21H15Cl2N3O2. The maximum Gasteiger partial charge on any atom is 0.354 e. The Morgan fingerprint density at radius 2 is 1.68 bits per heavy atom. The number of carbonyl (C=O) groups is 1. The Kier molecular flexibility index (Phi) is 5.37. The highest BCUT2D eigenvalue weighted by Gasteiger charge is 2.28. The van der Waals surface area contributed by atoms with Gasteiger partial charge in [0.05, 0.1) is 28.7 Å². The van der Waals surface area contributed by atoms with Crippen molar-refractivity contribution in [2.24, 2.45) is 0 Å². The van der Waals surface area contributed by atoms with Crippen molar-refractivity contribution in [2.45, 2.75) is 19.3 Å². The van der Waals surface area contributed by atoms with Crippen LogP contribution in [0.25, 0.3) is 16.1 Å². The van der Waals surface area contributed by atoms with Gasteiger partial charge in [0.15, 0.2) is 0 Å². The highest BCUT2D eigenvalue weighted by molar-refractivity contribution is 6.41. The molecule has 28 heavy (non-hydrogen) atoms. The molecule has 2 aromatic heterocycles. The van der Waals surface area contributed by atoms with Gasteiger partial charge in [-0.3, -0.25) is 4.98 Å². The van der Waals surface area contributed by atoms with E-state index >= 15 is 0 Å². The SMILES string of the molecule is [C-]#[N+]c1c(Cl)ccc(-c2cccc(C(C)(C)c3cccc(C(=O)O)n3)n2)c1Cl. The summed E-state index contributed by atoms with van der Waals surface area (Å²) in [4.78, 5) is 23.6. The second kappa shape index (κ2) is 7.59. The molecule has 0 aliphatic carbocycles. The van der Waals surface area contributed by atoms with Gasteiger partial charge in [0.25, 0.3) is 0 Å². The fourth-order valence-electron chi connectivity index (χ4n) is 2.81. The predicted molar refractivity (Wildman–Crippen MR) is 109 cm³/mol. The predicted octanol–water partition coefficient (Wildman–Crippen LogP) is 6.03. The minimum absolute atomic E-state index is 0.0239. The van der Waals surface area contributed by atoms with Crippen LogP contribution in [0, 0.1) is 6.57 Å². The van der Waals surface area contributed by atoms with Crippen molar-refractivity contribution in [3.05, 3.63) is 87.1 Å². The van der Waals surface area contributed by atoms with E-state index in [1.807, 2.05) is 26.0 Å². The zero-order chi connectivity index (χ0) is 20.5. The molecule has 0 radical (unpaired) electrons. The molecule has 0 amide bonds. The monoisotopic (exact) mass is 411 g/mol. The molecule has 0 saturated heterocycles. The molecule has 1 N–H and O–H groups in total. The summed E-state index contributed by atoms with van der Waals surface area (Å²) < 4.78 is 0. The van der Waals surface area contributed by atoms with E-state index in [1.54, 1.807) is 30.3 Å². The Labute approximate surface area is 172 Å². The Balaban J connectivity index is 2.10. The van der Waals surface area contributed by atoms with Gasteiger partial charge in [0, 0.05) is 16.0 Å². The Morgan fingerprint density at radius 3 is 2.32 bits per heavy atom. The van der Waals surface area contributed by atoms with Gasteiger partial charge in [0.2, 0.25) is 5.69 Å². The van der Waals surface area contributed by atoms with Gasteiger partial charge in [-0.15, -0.1) is 0 Å². The lowest BCUT2D eigenvalue weighted by molar-refractivity contribution is 0.0690. The first-order chi connectivity index (χ1) is 13.3. The Hall–Kier alpha value is -2.94. The van der Waals surface area contributed by atoms with Crippen molar-refractivity contribution in [3.8, 4) is 11.3 Å². The summed E-state index contributed by atoms with van der Waals surface area (Å²) in [6, 6.07) is 13.7. The fraction of sp³-hybridized carbons (Fsp3) is 0.143. The highest BCUT2D eigenvalue weighted by Crippen LogP contribution is 2.40.